The summed E-state index contributed by atoms with van der Waals surface area (Å²) in [4.78, 5) is 68.3. The van der Waals surface area contributed by atoms with Crippen molar-refractivity contribution in [2.24, 2.45) is 0 Å². The molecule has 5 saturated heterocycles. The molecule has 308 valence electrons. The van der Waals surface area contributed by atoms with Gasteiger partial charge in [0.15, 0.2) is 0 Å². The van der Waals surface area contributed by atoms with Crippen molar-refractivity contribution in [2.75, 3.05) is 42.1 Å². The van der Waals surface area contributed by atoms with Gasteiger partial charge in [0.05, 0.1) is 22.4 Å². The number of hydrogen-bond donors (Lipinski definition) is 4. The van der Waals surface area contributed by atoms with Crippen LogP contribution in [0, 0.1) is 5.41 Å². The summed E-state index contributed by atoms with van der Waals surface area (Å²) < 4.78 is 5.94. The second-order valence-electron chi connectivity index (χ2n) is 16.9. The van der Waals surface area contributed by atoms with Crippen molar-refractivity contribution in [3.63, 3.8) is 0 Å². The van der Waals surface area contributed by atoms with E-state index in [4.69, 9.17) is 15.9 Å². The molecule has 0 aliphatic carbocycles. The molecule has 0 radical (unpaired) electrons. The SMILES string of the molecule is N=C(c1ccc(Oc2ccccc2)cc1)c1c(N)ncnc1NC1CCN(C2CC3CCC(C2)N3C2CN(c3ccc4c(c3)C(=O)N(C3CCC(=O)NC3=O)C4=O)C2)CC1. The van der Waals surface area contributed by atoms with Crippen LogP contribution in [0.1, 0.15) is 83.2 Å². The van der Waals surface area contributed by atoms with E-state index < -0.39 is 23.8 Å². The van der Waals surface area contributed by atoms with Crippen LogP contribution in [0.25, 0.3) is 0 Å². The Morgan fingerprint density at radius 1 is 0.783 bits per heavy atom. The first-order valence-corrected chi connectivity index (χ1v) is 21.1. The van der Waals surface area contributed by atoms with Crippen molar-refractivity contribution in [3.05, 3.63) is 101 Å². The Morgan fingerprint density at radius 2 is 1.48 bits per heavy atom. The minimum Gasteiger partial charge on any atom is -0.457 e. The van der Waals surface area contributed by atoms with Gasteiger partial charge in [0, 0.05) is 74.1 Å². The van der Waals surface area contributed by atoms with Gasteiger partial charge >= 0.3 is 0 Å². The van der Waals surface area contributed by atoms with Gasteiger partial charge in [0.2, 0.25) is 11.8 Å². The zero-order chi connectivity index (χ0) is 41.1. The molecule has 60 heavy (non-hydrogen) atoms. The molecule has 3 atom stereocenters. The molecule has 3 aromatic carbocycles. The lowest BCUT2D eigenvalue weighted by Gasteiger charge is -2.53. The fourth-order valence-electron chi connectivity index (χ4n) is 10.4. The number of nitrogens with two attached hydrogens (primary N) is 1. The Bertz CT molecular complexity index is 2350. The van der Waals surface area contributed by atoms with Gasteiger partial charge in [-0.1, -0.05) is 18.2 Å². The number of carbonyl (C=O) groups excluding carboxylic acids is 4. The normalized spacial score (nSPS) is 24.9. The molecule has 1 aromatic heterocycles. The van der Waals surface area contributed by atoms with Gasteiger partial charge in [0.1, 0.15) is 35.5 Å². The van der Waals surface area contributed by atoms with Crippen molar-refractivity contribution in [2.45, 2.75) is 87.6 Å². The molecule has 0 spiro atoms. The molecule has 3 unspecified atom stereocenters. The number of amides is 4. The summed E-state index contributed by atoms with van der Waals surface area (Å²) in [6.45, 7) is 3.73. The van der Waals surface area contributed by atoms with Crippen LogP contribution in [-0.2, 0) is 9.59 Å². The number of likely N-dealkylation sites (tertiary alicyclic amines) is 1. The van der Waals surface area contributed by atoms with Crippen LogP contribution < -0.4 is 26.0 Å². The van der Waals surface area contributed by atoms with E-state index in [1.165, 1.54) is 19.2 Å². The summed E-state index contributed by atoms with van der Waals surface area (Å²) in [6, 6.07) is 23.7. The lowest BCUT2D eigenvalue weighted by atomic mass is 9.90. The van der Waals surface area contributed by atoms with Crippen LogP contribution in [0.4, 0.5) is 17.3 Å². The molecule has 5 N–H and O–H groups in total. The number of imide groups is 2. The Morgan fingerprint density at radius 3 is 2.20 bits per heavy atom. The average Bonchev–Trinajstić information content (AvgIpc) is 3.62. The van der Waals surface area contributed by atoms with E-state index in [0.717, 1.165) is 68.2 Å². The van der Waals surface area contributed by atoms with Crippen molar-refractivity contribution in [1.29, 1.82) is 5.41 Å². The molecule has 6 aliphatic heterocycles. The first kappa shape index (κ1) is 38.0. The highest BCUT2D eigenvalue weighted by molar-refractivity contribution is 6.23. The first-order chi connectivity index (χ1) is 29.2. The molecule has 7 heterocycles. The number of para-hydroxylation sites is 1. The largest absolute Gasteiger partial charge is 0.457 e. The fraction of sp³-hybridized carbons (Fsp3) is 0.400. The van der Waals surface area contributed by atoms with Crippen molar-refractivity contribution in [1.82, 2.24) is 30.0 Å². The molecule has 4 amide bonds. The summed E-state index contributed by atoms with van der Waals surface area (Å²) in [6.07, 6.45) is 8.39. The minimum absolute atomic E-state index is 0.0970. The number of ether oxygens (including phenoxy) is 1. The van der Waals surface area contributed by atoms with Crippen molar-refractivity contribution in [3.8, 4) is 11.5 Å². The van der Waals surface area contributed by atoms with Gasteiger partial charge in [0.25, 0.3) is 11.8 Å². The van der Waals surface area contributed by atoms with Gasteiger partial charge in [-0.3, -0.25) is 39.7 Å². The number of nitrogens with one attached hydrogen (secondary N) is 3. The molecular formula is C45H48N10O5. The highest BCUT2D eigenvalue weighted by Gasteiger charge is 2.49. The third-order valence-electron chi connectivity index (χ3n) is 13.5. The maximum Gasteiger partial charge on any atom is 0.262 e. The Hall–Kier alpha value is -6.19. The molecule has 4 aromatic rings. The van der Waals surface area contributed by atoms with Crippen LogP contribution >= 0.6 is 0 Å². The Balaban J connectivity index is 0.721. The summed E-state index contributed by atoms with van der Waals surface area (Å²) in [5, 5.41) is 15.0. The van der Waals surface area contributed by atoms with E-state index in [2.05, 4.69) is 35.3 Å². The second-order valence-corrected chi connectivity index (χ2v) is 16.9. The number of piperidine rings is 3. The zero-order valence-electron chi connectivity index (χ0n) is 33.3. The number of carbonyl (C=O) groups is 4. The van der Waals surface area contributed by atoms with E-state index in [0.29, 0.717) is 58.0 Å². The second kappa shape index (κ2) is 15.4. The fourth-order valence-corrected chi connectivity index (χ4v) is 10.4. The zero-order valence-corrected chi connectivity index (χ0v) is 33.3. The first-order valence-electron chi connectivity index (χ1n) is 21.1. The minimum atomic E-state index is -0.968. The Labute approximate surface area is 347 Å². The third-order valence-corrected chi connectivity index (χ3v) is 13.5. The van der Waals surface area contributed by atoms with Gasteiger partial charge in [-0.25, -0.2) is 9.97 Å². The third kappa shape index (κ3) is 6.94. The molecule has 15 nitrogen and oxygen atoms in total. The lowest BCUT2D eigenvalue weighted by Crippen LogP contribution is -2.65. The predicted molar refractivity (Wildman–Crippen MR) is 224 cm³/mol. The molecule has 0 saturated carbocycles. The smallest absolute Gasteiger partial charge is 0.262 e. The predicted octanol–water partition coefficient (Wildman–Crippen LogP) is 4.43. The van der Waals surface area contributed by atoms with Crippen LogP contribution in [0.3, 0.4) is 0 Å². The lowest BCUT2D eigenvalue weighted by molar-refractivity contribution is -0.136. The molecule has 6 aliphatic rings. The number of anilines is 3. The maximum absolute atomic E-state index is 13.4. The van der Waals surface area contributed by atoms with Gasteiger partial charge < -0.3 is 25.6 Å². The average molecular weight is 809 g/mol. The monoisotopic (exact) mass is 808 g/mol. The van der Waals surface area contributed by atoms with Crippen LogP contribution in [0.2, 0.25) is 0 Å². The molecule has 10 rings (SSSR count). The number of fused-ring (bicyclic) bond motifs is 3. The Kier molecular flexibility index (Phi) is 9.79. The number of nitrogen functional groups attached to an aromatic ring is 1. The highest BCUT2D eigenvalue weighted by Crippen LogP contribution is 2.42. The molecule has 2 bridgehead atoms. The highest BCUT2D eigenvalue weighted by atomic mass is 16.5. The van der Waals surface area contributed by atoms with E-state index >= 15 is 0 Å². The van der Waals surface area contributed by atoms with Gasteiger partial charge in [-0.2, -0.15) is 0 Å². The summed E-state index contributed by atoms with van der Waals surface area (Å²) in [7, 11) is 0. The van der Waals surface area contributed by atoms with Crippen LogP contribution in [-0.4, -0.2) is 116 Å². The standard InChI is InChI=1S/C45H48N10O5/c46-40(26-6-11-34(12-7-26)60-33-4-2-1-3-5-33)39-41(47)48-25-49-42(39)50-27-16-18-52(19-17-27)31-20-29-8-9-30(21-31)54(29)32-23-53(24-32)28-10-13-35-36(22-28)45(59)55(44(35)58)37-14-15-38(56)51-43(37)57/h1-7,10-13,22,25,27,29-32,37,46H,8-9,14-21,23-24H2,(H,51,56,57)(H3,47,48,49,50). The number of aromatic nitrogens is 2. The molecule has 5 fully saturated rings. The van der Waals surface area contributed by atoms with E-state index in [1.54, 1.807) is 12.1 Å². The van der Waals surface area contributed by atoms with Crippen molar-refractivity contribution < 1.29 is 23.9 Å². The van der Waals surface area contributed by atoms with Crippen LogP contribution in [0.15, 0.2) is 79.1 Å². The van der Waals surface area contributed by atoms with Crippen molar-refractivity contribution >= 4 is 46.7 Å². The number of rotatable bonds is 10. The van der Waals surface area contributed by atoms with E-state index in [9.17, 15) is 19.2 Å². The summed E-state index contributed by atoms with van der Waals surface area (Å²) in [5.74, 6) is 0.355. The molecular weight excluding hydrogens is 761 g/mol. The van der Waals surface area contributed by atoms with Crippen LogP contribution in [0.5, 0.6) is 11.5 Å². The van der Waals surface area contributed by atoms with E-state index in [1.807, 2.05) is 60.7 Å². The topological polar surface area (TPSA) is 190 Å². The summed E-state index contributed by atoms with van der Waals surface area (Å²) in [5.41, 5.74) is 9.38. The maximum atomic E-state index is 13.4. The number of benzene rings is 3. The quantitative estimate of drug-likeness (QED) is 0.131. The van der Waals surface area contributed by atoms with Gasteiger partial charge in [-0.15, -0.1) is 0 Å². The molecule has 15 heteroatoms. The van der Waals surface area contributed by atoms with E-state index in [-0.39, 0.29) is 36.3 Å². The van der Waals surface area contributed by atoms with Gasteiger partial charge in [-0.05, 0) is 99.5 Å². The number of nitrogens with zero attached hydrogens (tertiary/aromatic N) is 6. The number of hydrogen-bond acceptors (Lipinski definition) is 13. The summed E-state index contributed by atoms with van der Waals surface area (Å²) >= 11 is 0.